The van der Waals surface area contributed by atoms with Crippen LogP contribution in [0, 0.1) is 5.82 Å². The monoisotopic (exact) mass is 417 g/mol. The van der Waals surface area contributed by atoms with Crippen molar-refractivity contribution in [2.24, 2.45) is 0 Å². The van der Waals surface area contributed by atoms with Gasteiger partial charge >= 0.3 is 12.1 Å². The van der Waals surface area contributed by atoms with Gasteiger partial charge in [-0.15, -0.1) is 0 Å². The fraction of sp³-hybridized carbons (Fsp3) is 0.200. The number of carbonyl (C=O) groups is 2. The Morgan fingerprint density at radius 1 is 0.968 bits per heavy atom. The molecule has 3 aromatic carbocycles. The molecule has 6 heteroatoms. The molecule has 1 heterocycles. The van der Waals surface area contributed by atoms with E-state index in [0.717, 1.165) is 27.8 Å². The van der Waals surface area contributed by atoms with Gasteiger partial charge in [0.1, 0.15) is 18.5 Å². The summed E-state index contributed by atoms with van der Waals surface area (Å²) in [7, 11) is 0. The molecule has 0 saturated heterocycles. The molecule has 1 aliphatic carbocycles. The number of rotatable bonds is 3. The Morgan fingerprint density at radius 2 is 1.61 bits per heavy atom. The zero-order valence-corrected chi connectivity index (χ0v) is 16.6. The van der Waals surface area contributed by atoms with E-state index in [1.54, 1.807) is 6.07 Å². The number of carboxylic acids is 1. The van der Waals surface area contributed by atoms with Crippen molar-refractivity contribution in [3.63, 3.8) is 0 Å². The van der Waals surface area contributed by atoms with Crippen LogP contribution in [0.1, 0.15) is 28.2 Å². The number of carboxylic acid groups (broad SMARTS) is 1. The van der Waals surface area contributed by atoms with Gasteiger partial charge in [0.05, 0.1) is 6.54 Å². The topological polar surface area (TPSA) is 66.8 Å². The maximum atomic E-state index is 13.6. The fourth-order valence-electron chi connectivity index (χ4n) is 4.64. The average Bonchev–Trinajstić information content (AvgIpc) is 3.10. The number of halogens is 1. The Bertz CT molecular complexity index is 1150. The van der Waals surface area contributed by atoms with Gasteiger partial charge in [-0.25, -0.2) is 14.0 Å². The van der Waals surface area contributed by atoms with Crippen LogP contribution in [0.5, 0.6) is 0 Å². The molecule has 0 radical (unpaired) electrons. The van der Waals surface area contributed by atoms with Gasteiger partial charge in [-0.3, -0.25) is 4.90 Å². The highest BCUT2D eigenvalue weighted by atomic mass is 19.1. The smallest absolute Gasteiger partial charge is 0.410 e. The first kappa shape index (κ1) is 19.3. The lowest BCUT2D eigenvalue weighted by molar-refractivity contribution is -0.143. The molecule has 5 nitrogen and oxygen atoms in total. The minimum atomic E-state index is -1.14. The Hall–Kier alpha value is -3.67. The Kier molecular flexibility index (Phi) is 4.70. The van der Waals surface area contributed by atoms with Crippen molar-refractivity contribution in [3.05, 3.63) is 94.8 Å². The predicted octanol–water partition coefficient (Wildman–Crippen LogP) is 4.59. The zero-order chi connectivity index (χ0) is 21.5. The van der Waals surface area contributed by atoms with Crippen LogP contribution in [0.15, 0.2) is 66.7 Å². The molecule has 2 aliphatic rings. The maximum Gasteiger partial charge on any atom is 0.410 e. The lowest BCUT2D eigenvalue weighted by Crippen LogP contribution is -2.49. The molecule has 1 atom stereocenters. The largest absolute Gasteiger partial charge is 0.480 e. The predicted molar refractivity (Wildman–Crippen MR) is 112 cm³/mol. The van der Waals surface area contributed by atoms with Gasteiger partial charge in [0.25, 0.3) is 0 Å². The highest BCUT2D eigenvalue weighted by Crippen LogP contribution is 2.44. The van der Waals surface area contributed by atoms with Crippen molar-refractivity contribution >= 4 is 12.1 Å². The molecule has 5 rings (SSSR count). The first-order valence-corrected chi connectivity index (χ1v) is 10.1. The van der Waals surface area contributed by atoms with Crippen LogP contribution in [-0.2, 0) is 22.5 Å². The molecule has 156 valence electrons. The van der Waals surface area contributed by atoms with E-state index in [4.69, 9.17) is 4.74 Å². The summed E-state index contributed by atoms with van der Waals surface area (Å²) < 4.78 is 19.2. The fourth-order valence-corrected chi connectivity index (χ4v) is 4.64. The highest BCUT2D eigenvalue weighted by molar-refractivity contribution is 5.82. The molecule has 31 heavy (non-hydrogen) atoms. The van der Waals surface area contributed by atoms with E-state index >= 15 is 0 Å². The van der Waals surface area contributed by atoms with Crippen molar-refractivity contribution in [3.8, 4) is 11.1 Å². The van der Waals surface area contributed by atoms with E-state index < -0.39 is 23.9 Å². The number of hydrogen-bond donors (Lipinski definition) is 1. The molecular weight excluding hydrogens is 397 g/mol. The molecule has 0 fully saturated rings. The Labute approximate surface area is 178 Å². The molecule has 0 spiro atoms. The first-order chi connectivity index (χ1) is 15.0. The second-order valence-electron chi connectivity index (χ2n) is 7.90. The summed E-state index contributed by atoms with van der Waals surface area (Å²) in [5, 5.41) is 9.65. The van der Waals surface area contributed by atoms with Crippen molar-refractivity contribution in [1.29, 1.82) is 0 Å². The first-order valence-electron chi connectivity index (χ1n) is 10.1. The summed E-state index contributed by atoms with van der Waals surface area (Å²) in [6, 6.07) is 19.2. The van der Waals surface area contributed by atoms with Gasteiger partial charge in [-0.2, -0.15) is 0 Å². The van der Waals surface area contributed by atoms with E-state index in [-0.39, 0.29) is 25.5 Å². The SMILES string of the molecule is O=C(O)[C@@H]1Cc2cc(F)ccc2CN1C(=O)OCC1c2ccccc2-c2ccccc21. The van der Waals surface area contributed by atoms with E-state index in [9.17, 15) is 19.1 Å². The minimum Gasteiger partial charge on any atom is -0.480 e. The summed E-state index contributed by atoms with van der Waals surface area (Å²) in [5.74, 6) is -1.66. The highest BCUT2D eigenvalue weighted by Gasteiger charge is 2.37. The van der Waals surface area contributed by atoms with E-state index in [2.05, 4.69) is 12.1 Å². The van der Waals surface area contributed by atoms with Crippen molar-refractivity contribution in [2.75, 3.05) is 6.61 Å². The van der Waals surface area contributed by atoms with Crippen LogP contribution in [0.25, 0.3) is 11.1 Å². The molecule has 0 bridgehead atoms. The van der Waals surface area contributed by atoms with Gasteiger partial charge in [-0.05, 0) is 45.5 Å². The minimum absolute atomic E-state index is 0.0482. The molecule has 1 aliphatic heterocycles. The molecule has 0 saturated carbocycles. The van der Waals surface area contributed by atoms with Crippen LogP contribution in [0.4, 0.5) is 9.18 Å². The van der Waals surface area contributed by atoms with Crippen LogP contribution >= 0.6 is 0 Å². The number of benzene rings is 3. The summed E-state index contributed by atoms with van der Waals surface area (Å²) in [6.07, 6.45) is -0.628. The summed E-state index contributed by atoms with van der Waals surface area (Å²) >= 11 is 0. The maximum absolute atomic E-state index is 13.6. The van der Waals surface area contributed by atoms with Crippen molar-refractivity contribution in [1.82, 2.24) is 4.90 Å². The third-order valence-corrected chi connectivity index (χ3v) is 6.15. The normalized spacial score (nSPS) is 16.9. The second kappa shape index (κ2) is 7.54. The van der Waals surface area contributed by atoms with Crippen molar-refractivity contribution in [2.45, 2.75) is 24.9 Å². The standard InChI is InChI=1S/C25H20FNO4/c26-17-10-9-15-13-27(23(24(28)29)12-16(15)11-17)25(30)31-14-22-20-7-3-1-5-18(20)19-6-2-4-8-21(19)22/h1-11,22-23H,12-14H2,(H,28,29)/t23-/m0/s1. The van der Waals surface area contributed by atoms with E-state index in [1.807, 2.05) is 36.4 Å². The molecule has 3 aromatic rings. The average molecular weight is 417 g/mol. The van der Waals surface area contributed by atoms with Crippen LogP contribution in [0.3, 0.4) is 0 Å². The lowest BCUT2D eigenvalue weighted by Gasteiger charge is -2.34. The molecule has 1 amide bonds. The lowest BCUT2D eigenvalue weighted by atomic mass is 9.94. The summed E-state index contributed by atoms with van der Waals surface area (Å²) in [5.41, 5.74) is 5.76. The van der Waals surface area contributed by atoms with E-state index in [1.165, 1.54) is 17.0 Å². The molecule has 0 aromatic heterocycles. The quantitative estimate of drug-likeness (QED) is 0.677. The zero-order valence-electron chi connectivity index (χ0n) is 16.6. The van der Waals surface area contributed by atoms with Crippen LogP contribution < -0.4 is 0 Å². The summed E-state index contributed by atoms with van der Waals surface area (Å²) in [6.45, 7) is 0.190. The van der Waals surface area contributed by atoms with Crippen LogP contribution in [-0.4, -0.2) is 34.7 Å². The Morgan fingerprint density at radius 3 is 2.26 bits per heavy atom. The van der Waals surface area contributed by atoms with Gasteiger partial charge in [0.2, 0.25) is 0 Å². The van der Waals surface area contributed by atoms with E-state index in [0.29, 0.717) is 5.56 Å². The number of fused-ring (bicyclic) bond motifs is 4. The van der Waals surface area contributed by atoms with Crippen molar-refractivity contribution < 1.29 is 23.8 Å². The third-order valence-electron chi connectivity index (χ3n) is 6.15. The van der Waals surface area contributed by atoms with Gasteiger partial charge < -0.3 is 9.84 Å². The number of hydrogen-bond acceptors (Lipinski definition) is 3. The molecule has 1 N–H and O–H groups in total. The second-order valence-corrected chi connectivity index (χ2v) is 7.90. The van der Waals surface area contributed by atoms with Gasteiger partial charge in [-0.1, -0.05) is 54.6 Å². The number of ether oxygens (including phenoxy) is 1. The van der Waals surface area contributed by atoms with Gasteiger partial charge in [0, 0.05) is 12.3 Å². The molecule has 0 unspecified atom stereocenters. The Balaban J connectivity index is 1.38. The number of aliphatic carboxylic acids is 1. The number of amides is 1. The van der Waals surface area contributed by atoms with Gasteiger partial charge in [0.15, 0.2) is 0 Å². The third kappa shape index (κ3) is 3.34. The number of carbonyl (C=O) groups excluding carboxylic acids is 1. The summed E-state index contributed by atoms with van der Waals surface area (Å²) in [4.78, 5) is 26.0. The van der Waals surface area contributed by atoms with Crippen LogP contribution in [0.2, 0.25) is 0 Å². The molecular formula is C25H20FNO4. The number of nitrogens with zero attached hydrogens (tertiary/aromatic N) is 1.